The highest BCUT2D eigenvalue weighted by molar-refractivity contribution is 6.35. The first-order valence-corrected chi connectivity index (χ1v) is 9.53. The maximum Gasteiger partial charge on any atom is 0.137 e. The lowest BCUT2D eigenvalue weighted by molar-refractivity contribution is 0.0144. The normalized spacial score (nSPS) is 18.2. The van der Waals surface area contributed by atoms with Crippen molar-refractivity contribution in [1.29, 1.82) is 0 Å². The van der Waals surface area contributed by atoms with E-state index in [4.69, 9.17) is 23.2 Å². The summed E-state index contributed by atoms with van der Waals surface area (Å²) < 4.78 is 1.62. The minimum Gasteiger partial charge on any atom is -0.382 e. The Labute approximate surface area is 158 Å². The summed E-state index contributed by atoms with van der Waals surface area (Å²) in [6.45, 7) is 1.57. The predicted octanol–water partition coefficient (Wildman–Crippen LogP) is 3.64. The molecule has 1 aromatic heterocycles. The second-order valence-electron chi connectivity index (χ2n) is 6.88. The first kappa shape index (κ1) is 18.6. The Morgan fingerprint density at radius 2 is 2.04 bits per heavy atom. The van der Waals surface area contributed by atoms with Crippen molar-refractivity contribution in [3.05, 3.63) is 46.5 Å². The number of aliphatic hydroxyl groups is 1. The van der Waals surface area contributed by atoms with Crippen LogP contribution in [0.3, 0.4) is 0 Å². The molecule has 7 heteroatoms. The highest BCUT2D eigenvalue weighted by Gasteiger charge is 2.32. The molecule has 1 saturated carbocycles. The number of benzene rings is 1. The maximum absolute atomic E-state index is 11.4. The lowest BCUT2D eigenvalue weighted by Crippen LogP contribution is -2.43. The van der Waals surface area contributed by atoms with Gasteiger partial charge in [-0.25, -0.2) is 9.67 Å². The number of nitrogens with one attached hydrogen (secondary N) is 1. The predicted molar refractivity (Wildman–Crippen MR) is 99.8 cm³/mol. The zero-order chi connectivity index (χ0) is 17.7. The third kappa shape index (κ3) is 4.94. The average Bonchev–Trinajstić information content (AvgIpc) is 3.08. The molecule has 0 spiro atoms. The van der Waals surface area contributed by atoms with Gasteiger partial charge in [0.15, 0.2) is 0 Å². The highest BCUT2D eigenvalue weighted by Crippen LogP contribution is 2.32. The van der Waals surface area contributed by atoms with Crippen LogP contribution in [0, 0.1) is 5.92 Å². The van der Waals surface area contributed by atoms with Gasteiger partial charge in [-0.15, -0.1) is 0 Å². The standard InChI is InChI=1S/C18H24Cl2N4O/c19-15-6-7-16(17(20)8-15)18(25,11-24-13-22-12-23-24)10-21-9-14-4-2-1-3-5-14/h6-8,12-14,21,25H,1-5,9-11H2. The highest BCUT2D eigenvalue weighted by atomic mass is 35.5. The fraction of sp³-hybridized carbons (Fsp3) is 0.556. The molecule has 2 aromatic rings. The minimum absolute atomic E-state index is 0.270. The summed E-state index contributed by atoms with van der Waals surface area (Å²) in [7, 11) is 0. The number of hydrogen-bond donors (Lipinski definition) is 2. The van der Waals surface area contributed by atoms with Gasteiger partial charge in [0.25, 0.3) is 0 Å². The Balaban J connectivity index is 1.73. The molecule has 5 nitrogen and oxygen atoms in total. The fourth-order valence-corrected chi connectivity index (χ4v) is 4.14. The molecule has 1 aromatic carbocycles. The zero-order valence-corrected chi connectivity index (χ0v) is 15.7. The molecule has 0 bridgehead atoms. The van der Waals surface area contributed by atoms with Gasteiger partial charge in [-0.05, 0) is 37.4 Å². The molecule has 1 aliphatic rings. The van der Waals surface area contributed by atoms with E-state index >= 15 is 0 Å². The van der Waals surface area contributed by atoms with Gasteiger partial charge in [0.1, 0.15) is 18.3 Å². The molecule has 0 radical (unpaired) electrons. The van der Waals surface area contributed by atoms with Crippen LogP contribution in [-0.4, -0.2) is 33.0 Å². The summed E-state index contributed by atoms with van der Waals surface area (Å²) >= 11 is 12.4. The Morgan fingerprint density at radius 3 is 2.72 bits per heavy atom. The van der Waals surface area contributed by atoms with E-state index in [0.717, 1.165) is 6.54 Å². The molecule has 1 aliphatic carbocycles. The van der Waals surface area contributed by atoms with Gasteiger partial charge < -0.3 is 10.4 Å². The van der Waals surface area contributed by atoms with Crippen molar-refractivity contribution in [3.63, 3.8) is 0 Å². The third-order valence-corrected chi connectivity index (χ3v) is 5.45. The molecule has 2 N–H and O–H groups in total. The summed E-state index contributed by atoms with van der Waals surface area (Å²) in [4.78, 5) is 3.96. The summed E-state index contributed by atoms with van der Waals surface area (Å²) in [5, 5.41) is 19.9. The topological polar surface area (TPSA) is 63.0 Å². The second-order valence-corrected chi connectivity index (χ2v) is 7.73. The SMILES string of the molecule is OC(CNCC1CCCCC1)(Cn1cncn1)c1ccc(Cl)cc1Cl. The van der Waals surface area contributed by atoms with Crippen LogP contribution in [0.2, 0.25) is 10.0 Å². The molecule has 0 saturated heterocycles. The van der Waals surface area contributed by atoms with Crippen LogP contribution in [0.15, 0.2) is 30.9 Å². The molecular formula is C18H24Cl2N4O. The molecule has 1 unspecified atom stereocenters. The molecular weight excluding hydrogens is 359 g/mol. The quantitative estimate of drug-likeness (QED) is 0.766. The monoisotopic (exact) mass is 382 g/mol. The van der Waals surface area contributed by atoms with E-state index in [9.17, 15) is 5.11 Å². The van der Waals surface area contributed by atoms with Crippen molar-refractivity contribution in [2.45, 2.75) is 44.2 Å². The van der Waals surface area contributed by atoms with Crippen LogP contribution in [0.25, 0.3) is 0 Å². The molecule has 3 rings (SSSR count). The van der Waals surface area contributed by atoms with Crippen molar-refractivity contribution in [1.82, 2.24) is 20.1 Å². The number of hydrogen-bond acceptors (Lipinski definition) is 4. The molecule has 0 aliphatic heterocycles. The number of rotatable bonds is 7. The van der Waals surface area contributed by atoms with E-state index in [1.165, 1.54) is 38.4 Å². The van der Waals surface area contributed by atoms with E-state index in [1.54, 1.807) is 29.2 Å². The first-order chi connectivity index (χ1) is 12.1. The summed E-state index contributed by atoms with van der Waals surface area (Å²) in [6.07, 6.45) is 9.52. The lowest BCUT2D eigenvalue weighted by Gasteiger charge is -2.31. The maximum atomic E-state index is 11.4. The van der Waals surface area contributed by atoms with Crippen molar-refractivity contribution in [2.75, 3.05) is 13.1 Å². The van der Waals surface area contributed by atoms with Crippen LogP contribution in [-0.2, 0) is 12.1 Å². The largest absolute Gasteiger partial charge is 0.382 e. The van der Waals surface area contributed by atoms with Gasteiger partial charge in [-0.1, -0.05) is 48.5 Å². The summed E-state index contributed by atoms with van der Waals surface area (Å²) in [5.41, 5.74) is -0.547. The van der Waals surface area contributed by atoms with E-state index < -0.39 is 5.60 Å². The van der Waals surface area contributed by atoms with E-state index in [2.05, 4.69) is 15.4 Å². The van der Waals surface area contributed by atoms with Gasteiger partial charge in [0.2, 0.25) is 0 Å². The summed E-state index contributed by atoms with van der Waals surface area (Å²) in [5.74, 6) is 0.685. The Bertz CT molecular complexity index is 674. The minimum atomic E-state index is -1.19. The molecule has 1 atom stereocenters. The molecule has 0 amide bonds. The van der Waals surface area contributed by atoms with E-state index in [1.807, 2.05) is 0 Å². The summed E-state index contributed by atoms with van der Waals surface area (Å²) in [6, 6.07) is 5.19. The molecule has 25 heavy (non-hydrogen) atoms. The lowest BCUT2D eigenvalue weighted by atomic mass is 9.88. The van der Waals surface area contributed by atoms with Gasteiger partial charge in [0.05, 0.1) is 6.54 Å². The fourth-order valence-electron chi connectivity index (χ4n) is 3.56. The van der Waals surface area contributed by atoms with Gasteiger partial charge in [-0.3, -0.25) is 0 Å². The van der Waals surface area contributed by atoms with Crippen molar-refractivity contribution < 1.29 is 5.11 Å². The van der Waals surface area contributed by atoms with Crippen LogP contribution in [0.5, 0.6) is 0 Å². The Hall–Kier alpha value is -1.14. The van der Waals surface area contributed by atoms with Crippen LogP contribution < -0.4 is 5.32 Å². The first-order valence-electron chi connectivity index (χ1n) is 8.78. The zero-order valence-electron chi connectivity index (χ0n) is 14.2. The smallest absolute Gasteiger partial charge is 0.137 e. The van der Waals surface area contributed by atoms with E-state index in [0.29, 0.717) is 28.1 Å². The van der Waals surface area contributed by atoms with Gasteiger partial charge in [-0.2, -0.15) is 5.10 Å². The Morgan fingerprint density at radius 1 is 1.24 bits per heavy atom. The van der Waals surface area contributed by atoms with Crippen LogP contribution in [0.1, 0.15) is 37.7 Å². The van der Waals surface area contributed by atoms with Crippen LogP contribution >= 0.6 is 23.2 Å². The van der Waals surface area contributed by atoms with Crippen molar-refractivity contribution >= 4 is 23.2 Å². The average molecular weight is 383 g/mol. The molecule has 1 heterocycles. The third-order valence-electron chi connectivity index (χ3n) is 4.90. The van der Waals surface area contributed by atoms with Gasteiger partial charge >= 0.3 is 0 Å². The van der Waals surface area contributed by atoms with Crippen molar-refractivity contribution in [2.24, 2.45) is 5.92 Å². The Kier molecular flexibility index (Phi) is 6.34. The van der Waals surface area contributed by atoms with Crippen molar-refractivity contribution in [3.8, 4) is 0 Å². The number of halogens is 2. The molecule has 1 fully saturated rings. The molecule has 136 valence electrons. The van der Waals surface area contributed by atoms with Crippen LogP contribution in [0.4, 0.5) is 0 Å². The van der Waals surface area contributed by atoms with Gasteiger partial charge in [0, 0.05) is 22.2 Å². The number of nitrogens with zero attached hydrogens (tertiary/aromatic N) is 3. The number of aromatic nitrogens is 3. The second kappa shape index (κ2) is 8.49. The van der Waals surface area contributed by atoms with E-state index in [-0.39, 0.29) is 6.54 Å².